The highest BCUT2D eigenvalue weighted by atomic mass is 35.6. The number of nitro groups is 6. The Labute approximate surface area is 226 Å². The zero-order chi connectivity index (χ0) is 29.6. The third kappa shape index (κ3) is 8.98. The van der Waals surface area contributed by atoms with Crippen LogP contribution in [0.15, 0.2) is 0 Å². The molecule has 0 saturated heterocycles. The third-order valence-corrected chi connectivity index (χ3v) is 8.13. The Kier molecular flexibility index (Phi) is 11.9. The SMILES string of the molecule is CC(COC(OCC(C)([N+](=O)[O-])[N+](=O)[O-])(OCC(C)([N+](=O)[O-])[N+](=O)[O-])SSC(Cl)(Cl)Cl)([N+](=O)[O-])[N+](=O)[O-]. The van der Waals surface area contributed by atoms with Gasteiger partial charge in [0.15, 0.2) is 19.8 Å². The van der Waals surface area contributed by atoms with Gasteiger partial charge in [-0.05, 0) is 10.8 Å². The van der Waals surface area contributed by atoms with Gasteiger partial charge in [-0.3, -0.25) is 60.7 Å². The first-order chi connectivity index (χ1) is 16.5. The number of rotatable bonds is 17. The molecule has 0 N–H and O–H groups in total. The summed E-state index contributed by atoms with van der Waals surface area (Å²) in [5.74, 6) is 0. The van der Waals surface area contributed by atoms with Gasteiger partial charge in [0.2, 0.25) is 3.12 Å². The van der Waals surface area contributed by atoms with Crippen molar-refractivity contribution in [1.29, 1.82) is 0 Å². The topological polar surface area (TPSA) is 287 Å². The highest BCUT2D eigenvalue weighted by Crippen LogP contribution is 2.52. The second-order valence-corrected chi connectivity index (χ2v) is 12.6. The Balaban J connectivity index is 6.72. The number of hydrogen-bond donors (Lipinski definition) is 0. The van der Waals surface area contributed by atoms with Crippen molar-refractivity contribution in [3.63, 3.8) is 0 Å². The summed E-state index contributed by atoms with van der Waals surface area (Å²) in [4.78, 5) is 58.9. The maximum Gasteiger partial charge on any atom is 0.478 e. The molecule has 212 valence electrons. The molecule has 0 heterocycles. The van der Waals surface area contributed by atoms with Crippen LogP contribution in [0.2, 0.25) is 0 Å². The van der Waals surface area contributed by atoms with Crippen LogP contribution in [-0.2, 0) is 14.2 Å². The fourth-order valence-corrected chi connectivity index (χ4v) is 3.88. The normalized spacial score (nSPS) is 13.1. The van der Waals surface area contributed by atoms with E-state index < -0.39 is 74.8 Å². The molecule has 0 aromatic rings. The van der Waals surface area contributed by atoms with Crippen molar-refractivity contribution in [1.82, 2.24) is 0 Å². The van der Waals surface area contributed by atoms with E-state index in [4.69, 9.17) is 49.0 Å². The first-order valence-electron chi connectivity index (χ1n) is 8.71. The fourth-order valence-electron chi connectivity index (χ4n) is 1.49. The molecule has 0 amide bonds. The second kappa shape index (κ2) is 12.6. The average Bonchev–Trinajstić information content (AvgIpc) is 2.75. The molecule has 21 nitrogen and oxygen atoms in total. The molecule has 0 aliphatic heterocycles. The lowest BCUT2D eigenvalue weighted by Crippen LogP contribution is -2.55. The molecule has 26 heteroatoms. The molecule has 0 fully saturated rings. The fraction of sp³-hybridized carbons (Fsp3) is 1.00. The lowest BCUT2D eigenvalue weighted by atomic mass is 10.2. The molecule has 0 aliphatic carbocycles. The number of nitrogens with zero attached hydrogens (tertiary/aromatic N) is 6. The van der Waals surface area contributed by atoms with Crippen LogP contribution >= 0.6 is 56.4 Å². The van der Waals surface area contributed by atoms with Gasteiger partial charge in [-0.25, -0.2) is 0 Å². The predicted octanol–water partition coefficient (Wildman–Crippen LogP) is 2.17. The quantitative estimate of drug-likeness (QED) is 0.0722. The molecule has 0 radical (unpaired) electrons. The summed E-state index contributed by atoms with van der Waals surface area (Å²) in [5, 5.41) is 64.3. The van der Waals surface area contributed by atoms with Crippen molar-refractivity contribution in [3.8, 4) is 0 Å². The van der Waals surface area contributed by atoms with E-state index in [-0.39, 0.29) is 21.6 Å². The summed E-state index contributed by atoms with van der Waals surface area (Å²) in [6.45, 7) is -3.58. The van der Waals surface area contributed by atoms with Gasteiger partial charge in [0.05, 0.1) is 20.8 Å². The molecule has 0 bridgehead atoms. The van der Waals surface area contributed by atoms with Crippen LogP contribution < -0.4 is 0 Å². The van der Waals surface area contributed by atoms with Crippen molar-refractivity contribution in [2.45, 2.75) is 46.2 Å². The second-order valence-electron chi connectivity index (χ2n) is 7.17. The summed E-state index contributed by atoms with van der Waals surface area (Å²) in [7, 11) is -0.0517. The lowest BCUT2D eigenvalue weighted by molar-refractivity contribution is -0.802. The van der Waals surface area contributed by atoms with Crippen LogP contribution in [0.3, 0.4) is 0 Å². The molecule has 0 aromatic heterocycles. The molecule has 0 spiro atoms. The monoisotopic (exact) mass is 640 g/mol. The van der Waals surface area contributed by atoms with Crippen LogP contribution in [0.5, 0.6) is 0 Å². The average molecular weight is 642 g/mol. The maximum atomic E-state index is 11.3. The van der Waals surface area contributed by atoms with Crippen molar-refractivity contribution in [3.05, 3.63) is 60.7 Å². The van der Waals surface area contributed by atoms with Crippen LogP contribution in [0, 0.1) is 60.7 Å². The molecular weight excluding hydrogens is 627 g/mol. The van der Waals surface area contributed by atoms with E-state index in [9.17, 15) is 60.7 Å². The largest absolute Gasteiger partial charge is 0.478 e. The van der Waals surface area contributed by atoms with Crippen LogP contribution in [0.4, 0.5) is 0 Å². The molecule has 0 rings (SSSR count). The van der Waals surface area contributed by atoms with Gasteiger partial charge < -0.3 is 14.2 Å². The highest BCUT2D eigenvalue weighted by molar-refractivity contribution is 8.78. The number of ether oxygens (including phenoxy) is 3. The number of halogens is 3. The number of alkyl halides is 3. The third-order valence-electron chi connectivity index (χ3n) is 4.17. The first-order valence-corrected chi connectivity index (χ1v) is 12.0. The van der Waals surface area contributed by atoms with Gasteiger partial charge >= 0.3 is 22.3 Å². The van der Waals surface area contributed by atoms with Crippen molar-refractivity contribution >= 4 is 56.4 Å². The van der Waals surface area contributed by atoms with E-state index in [1.807, 2.05) is 0 Å². The van der Waals surface area contributed by atoms with Crippen LogP contribution in [-0.4, -0.2) is 74.8 Å². The number of hydrogen-bond acceptors (Lipinski definition) is 17. The van der Waals surface area contributed by atoms with Crippen LogP contribution in [0.25, 0.3) is 0 Å². The van der Waals surface area contributed by atoms with Gasteiger partial charge in [0, 0.05) is 10.8 Å². The van der Waals surface area contributed by atoms with Gasteiger partial charge in [-0.15, -0.1) is 0 Å². The van der Waals surface area contributed by atoms with Gasteiger partial charge in [0.1, 0.15) is 29.5 Å². The summed E-state index contributed by atoms with van der Waals surface area (Å²) in [5.41, 5.74) is -9.56. The van der Waals surface area contributed by atoms with Gasteiger partial charge in [0.25, 0.3) is 0 Å². The predicted molar refractivity (Wildman–Crippen MR) is 123 cm³/mol. The van der Waals surface area contributed by atoms with Crippen molar-refractivity contribution < 1.29 is 43.8 Å². The smallest absolute Gasteiger partial charge is 0.302 e. The van der Waals surface area contributed by atoms with E-state index in [0.29, 0.717) is 20.8 Å². The Morgan fingerprint density at radius 1 is 0.541 bits per heavy atom. The molecule has 37 heavy (non-hydrogen) atoms. The van der Waals surface area contributed by atoms with Crippen molar-refractivity contribution in [2.24, 2.45) is 0 Å². The minimum atomic E-state index is -3.26. The Morgan fingerprint density at radius 2 is 0.757 bits per heavy atom. The Hall–Kier alpha value is -2.15. The molecule has 0 aromatic carbocycles. The van der Waals surface area contributed by atoms with Gasteiger partial charge in [-0.2, -0.15) is 0 Å². The van der Waals surface area contributed by atoms with Gasteiger partial charge in [-0.1, -0.05) is 34.8 Å². The van der Waals surface area contributed by atoms with Crippen LogP contribution in [0.1, 0.15) is 20.8 Å². The molecule has 0 aliphatic rings. The zero-order valence-corrected chi connectivity index (χ0v) is 22.3. The van der Waals surface area contributed by atoms with E-state index in [0.717, 1.165) is 0 Å². The van der Waals surface area contributed by atoms with E-state index in [2.05, 4.69) is 0 Å². The molecular formula is C11H15Cl3N6O15S2. The molecule has 0 atom stereocenters. The standard InChI is InChI=1S/C11H15Cl3N6O15S2/c1-7(15(21)22,16(23)24)4-33-11(37-36-10(12,13)14,34-5-8(2,17(25)26)18(27)28)35-6-9(3,19(29)30)20(31)32/h4-6H2,1-3H3. The lowest BCUT2D eigenvalue weighted by Gasteiger charge is -2.33. The Morgan fingerprint density at radius 3 is 0.919 bits per heavy atom. The van der Waals surface area contributed by atoms with E-state index in [1.54, 1.807) is 0 Å². The summed E-state index contributed by atoms with van der Waals surface area (Å²) in [6, 6.07) is 0. The molecule has 0 unspecified atom stereocenters. The minimum absolute atomic E-state index is 0.0615. The van der Waals surface area contributed by atoms with E-state index in [1.165, 1.54) is 0 Å². The zero-order valence-electron chi connectivity index (χ0n) is 18.4. The summed E-state index contributed by atoms with van der Waals surface area (Å²) < 4.78 is 12.6. The van der Waals surface area contributed by atoms with E-state index >= 15 is 0 Å². The first kappa shape index (κ1) is 34.9. The maximum absolute atomic E-state index is 11.3. The summed E-state index contributed by atoms with van der Waals surface area (Å²) in [6.07, 6.45) is 0. The highest BCUT2D eigenvalue weighted by Gasteiger charge is 2.60. The Bertz CT molecular complexity index is 807. The van der Waals surface area contributed by atoms with Crippen molar-refractivity contribution in [2.75, 3.05) is 19.8 Å². The molecule has 0 saturated carbocycles. The summed E-state index contributed by atoms with van der Waals surface area (Å²) >= 11 is 16.7. The minimum Gasteiger partial charge on any atom is -0.302 e.